The van der Waals surface area contributed by atoms with E-state index in [-0.39, 0.29) is 28.8 Å². The Labute approximate surface area is 238 Å². The van der Waals surface area contributed by atoms with Crippen molar-refractivity contribution < 1.29 is 28.5 Å². The summed E-state index contributed by atoms with van der Waals surface area (Å²) in [7, 11) is 1.57. The molecule has 6 atom stereocenters. The van der Waals surface area contributed by atoms with Crippen LogP contribution in [0.4, 0.5) is 9.18 Å². The lowest BCUT2D eigenvalue weighted by molar-refractivity contribution is -0.124. The van der Waals surface area contributed by atoms with Crippen molar-refractivity contribution in [2.24, 2.45) is 29.1 Å². The van der Waals surface area contributed by atoms with E-state index in [1.54, 1.807) is 33.9 Å². The first kappa shape index (κ1) is 28.2. The monoisotopic (exact) mass is 555 g/mol. The lowest BCUT2D eigenvalue weighted by Gasteiger charge is -2.55. The fraction of sp³-hybridized carbons (Fsp3) is 0.727. The molecular formula is C33H46FNO5. The molecule has 220 valence electrons. The molecule has 6 aliphatic rings. The molecule has 6 nitrogen and oxygen atoms in total. The Morgan fingerprint density at radius 1 is 1.12 bits per heavy atom. The molecule has 3 fully saturated rings. The molecule has 1 spiro atoms. The molecule has 0 radical (unpaired) electrons. The second-order valence-corrected chi connectivity index (χ2v) is 14.4. The van der Waals surface area contributed by atoms with Gasteiger partial charge in [-0.15, -0.1) is 0 Å². The number of allylic oxidation sites excluding steroid dienone is 6. The number of likely N-dealkylation sites (N-methyl/N-ethyl adjacent to an activating group) is 1. The van der Waals surface area contributed by atoms with Crippen molar-refractivity contribution >= 4 is 6.09 Å². The van der Waals surface area contributed by atoms with Gasteiger partial charge < -0.3 is 19.3 Å². The molecule has 0 aromatic heterocycles. The maximum absolute atomic E-state index is 15.8. The van der Waals surface area contributed by atoms with Gasteiger partial charge in [-0.1, -0.05) is 18.6 Å². The Hall–Kier alpha value is -1.96. The third kappa shape index (κ3) is 4.51. The standard InChI is InChI=1S/C33H46FNO5/c1-30(2,3)40-29(36)35(6)27-10-8-20(17-26(27)34)24-19-31(4)25(12-13-32(31,5)37)23-9-7-21-18-33(38-15-16-39-33)14-11-22(21)28(23)24/h10,17-18,20,23-25,37H,7-9,11-16,19H2,1-6H3/t20-,23?,24?,25?,31+,32+/m1/s1. The molecule has 0 bridgehead atoms. The molecule has 1 aliphatic heterocycles. The minimum Gasteiger partial charge on any atom is -0.443 e. The van der Waals surface area contributed by atoms with Crippen LogP contribution in [0.1, 0.15) is 86.0 Å². The molecule has 6 rings (SSSR count). The maximum atomic E-state index is 15.8. The van der Waals surface area contributed by atoms with Gasteiger partial charge in [-0.25, -0.2) is 9.18 Å². The van der Waals surface area contributed by atoms with Gasteiger partial charge in [0, 0.05) is 18.9 Å². The van der Waals surface area contributed by atoms with Crippen molar-refractivity contribution in [1.82, 2.24) is 4.90 Å². The zero-order chi connectivity index (χ0) is 28.7. The second kappa shape index (κ2) is 9.53. The van der Waals surface area contributed by atoms with Crippen molar-refractivity contribution in [3.05, 3.63) is 46.5 Å². The van der Waals surface area contributed by atoms with E-state index in [2.05, 4.69) is 13.0 Å². The van der Waals surface area contributed by atoms with E-state index in [1.807, 2.05) is 13.0 Å². The predicted molar refractivity (Wildman–Crippen MR) is 151 cm³/mol. The number of hydrogen-bond donors (Lipinski definition) is 1. The maximum Gasteiger partial charge on any atom is 0.414 e. The molecule has 0 aromatic rings. The highest BCUT2D eigenvalue weighted by atomic mass is 19.1. The minimum absolute atomic E-state index is 0.0378. The summed E-state index contributed by atoms with van der Waals surface area (Å²) in [5.74, 6) is -0.0364. The largest absolute Gasteiger partial charge is 0.443 e. The van der Waals surface area contributed by atoms with E-state index in [9.17, 15) is 9.90 Å². The highest BCUT2D eigenvalue weighted by Gasteiger charge is 2.61. The molecule has 1 heterocycles. The van der Waals surface area contributed by atoms with Gasteiger partial charge in [-0.3, -0.25) is 4.90 Å². The SMILES string of the molecule is CN(C(=O)OC(C)(C)C)C1=CC[C@@H](C2C[C@@]3(C)C(CC[C@]3(C)O)C3CCC4=CC5(CCC4=C32)OCCO5)C=C1F. The molecule has 1 saturated heterocycles. The van der Waals surface area contributed by atoms with Crippen LogP contribution in [-0.2, 0) is 14.2 Å². The van der Waals surface area contributed by atoms with E-state index in [0.717, 1.165) is 44.9 Å². The Morgan fingerprint density at radius 2 is 1.85 bits per heavy atom. The van der Waals surface area contributed by atoms with Crippen molar-refractivity contribution in [3.63, 3.8) is 0 Å². The molecule has 1 N–H and O–H groups in total. The van der Waals surface area contributed by atoms with Crippen molar-refractivity contribution in [2.75, 3.05) is 20.3 Å². The van der Waals surface area contributed by atoms with Crippen LogP contribution in [0.5, 0.6) is 0 Å². The number of carbonyl (C=O) groups excluding carboxylic acids is 1. The minimum atomic E-state index is -0.737. The zero-order valence-corrected chi connectivity index (χ0v) is 25.0. The van der Waals surface area contributed by atoms with Gasteiger partial charge in [-0.05, 0) is 120 Å². The fourth-order valence-corrected chi connectivity index (χ4v) is 8.84. The van der Waals surface area contributed by atoms with Gasteiger partial charge in [0.1, 0.15) is 11.4 Å². The van der Waals surface area contributed by atoms with Crippen LogP contribution in [0, 0.1) is 29.1 Å². The molecule has 0 aromatic carbocycles. The Balaban J connectivity index is 1.36. The number of fused-ring (bicyclic) bond motifs is 4. The van der Waals surface area contributed by atoms with E-state index in [4.69, 9.17) is 14.2 Å². The summed E-state index contributed by atoms with van der Waals surface area (Å²) in [6, 6.07) is 0. The zero-order valence-electron chi connectivity index (χ0n) is 25.0. The number of amides is 1. The number of rotatable bonds is 2. The lowest BCUT2D eigenvalue weighted by atomic mass is 9.50. The first-order chi connectivity index (χ1) is 18.7. The summed E-state index contributed by atoms with van der Waals surface area (Å²) in [6.07, 6.45) is 12.4. The van der Waals surface area contributed by atoms with Crippen molar-refractivity contribution in [3.8, 4) is 0 Å². The summed E-state index contributed by atoms with van der Waals surface area (Å²) in [5, 5.41) is 11.6. The molecule has 2 saturated carbocycles. The van der Waals surface area contributed by atoms with Gasteiger partial charge in [0.05, 0.1) is 24.5 Å². The number of nitrogens with zero attached hydrogens (tertiary/aromatic N) is 1. The lowest BCUT2D eigenvalue weighted by Crippen LogP contribution is -2.52. The average molecular weight is 556 g/mol. The summed E-state index contributed by atoms with van der Waals surface area (Å²) >= 11 is 0. The van der Waals surface area contributed by atoms with E-state index in [0.29, 0.717) is 31.5 Å². The summed E-state index contributed by atoms with van der Waals surface area (Å²) in [4.78, 5) is 14.0. The van der Waals surface area contributed by atoms with Gasteiger partial charge >= 0.3 is 6.09 Å². The summed E-state index contributed by atoms with van der Waals surface area (Å²) < 4.78 is 33.4. The van der Waals surface area contributed by atoms with E-state index in [1.165, 1.54) is 21.6 Å². The fourth-order valence-electron chi connectivity index (χ4n) is 8.84. The van der Waals surface area contributed by atoms with Crippen LogP contribution >= 0.6 is 0 Å². The first-order valence-electron chi connectivity index (χ1n) is 15.2. The smallest absolute Gasteiger partial charge is 0.414 e. The predicted octanol–water partition coefficient (Wildman–Crippen LogP) is 6.97. The van der Waals surface area contributed by atoms with E-state index >= 15 is 4.39 Å². The molecule has 40 heavy (non-hydrogen) atoms. The molecular weight excluding hydrogens is 509 g/mol. The number of carbonyl (C=O) groups is 1. The quantitative estimate of drug-likeness (QED) is 0.399. The Kier molecular flexibility index (Phi) is 6.71. The molecule has 5 aliphatic carbocycles. The normalized spacial score (nSPS) is 38.6. The van der Waals surface area contributed by atoms with Crippen LogP contribution in [-0.4, -0.2) is 53.4 Å². The highest BCUT2D eigenvalue weighted by molar-refractivity contribution is 5.71. The van der Waals surface area contributed by atoms with Crippen molar-refractivity contribution in [2.45, 2.75) is 103 Å². The Morgan fingerprint density at radius 3 is 2.52 bits per heavy atom. The highest BCUT2D eigenvalue weighted by Crippen LogP contribution is 2.66. The molecule has 3 unspecified atom stereocenters. The molecule has 1 amide bonds. The van der Waals surface area contributed by atoms with Crippen molar-refractivity contribution in [1.29, 1.82) is 0 Å². The van der Waals surface area contributed by atoms with Crippen LogP contribution in [0.15, 0.2) is 46.5 Å². The van der Waals surface area contributed by atoms with Gasteiger partial charge in [0.25, 0.3) is 0 Å². The summed E-state index contributed by atoms with van der Waals surface area (Å²) in [5.41, 5.74) is 2.94. The van der Waals surface area contributed by atoms with Crippen LogP contribution in [0.25, 0.3) is 0 Å². The van der Waals surface area contributed by atoms with Gasteiger partial charge in [0.15, 0.2) is 5.79 Å². The number of hydrogen-bond acceptors (Lipinski definition) is 5. The van der Waals surface area contributed by atoms with Crippen LogP contribution in [0.3, 0.4) is 0 Å². The second-order valence-electron chi connectivity index (χ2n) is 14.4. The third-order valence-corrected chi connectivity index (χ3v) is 11.0. The third-order valence-electron chi connectivity index (χ3n) is 11.0. The van der Waals surface area contributed by atoms with Crippen LogP contribution < -0.4 is 0 Å². The summed E-state index contributed by atoms with van der Waals surface area (Å²) in [6.45, 7) is 11.0. The average Bonchev–Trinajstić information content (AvgIpc) is 3.42. The first-order valence-corrected chi connectivity index (χ1v) is 15.2. The van der Waals surface area contributed by atoms with Gasteiger partial charge in [-0.2, -0.15) is 0 Å². The number of halogens is 1. The number of ether oxygens (including phenoxy) is 3. The molecule has 7 heteroatoms. The Bertz CT molecular complexity index is 1200. The number of aliphatic hydroxyl groups is 1. The van der Waals surface area contributed by atoms with E-state index < -0.39 is 23.1 Å². The van der Waals surface area contributed by atoms with Crippen LogP contribution in [0.2, 0.25) is 0 Å². The topological polar surface area (TPSA) is 68.2 Å². The van der Waals surface area contributed by atoms with Gasteiger partial charge in [0.2, 0.25) is 0 Å².